The molecule has 0 radical (unpaired) electrons. The van der Waals surface area contributed by atoms with Crippen LogP contribution < -0.4 is 0 Å². The highest BCUT2D eigenvalue weighted by Crippen LogP contribution is 2.38. The number of carbonyl (C=O) groups is 1. The first-order valence-corrected chi connectivity index (χ1v) is 6.43. The van der Waals surface area contributed by atoms with Crippen molar-refractivity contribution in [3.05, 3.63) is 29.7 Å². The quantitative estimate of drug-likeness (QED) is 0.902. The van der Waals surface area contributed by atoms with Gasteiger partial charge in [-0.1, -0.05) is 5.16 Å². The maximum Gasteiger partial charge on any atom is 0.306 e. The Hall–Kier alpha value is -1.91. The lowest BCUT2D eigenvalue weighted by Crippen LogP contribution is -2.20. The van der Waals surface area contributed by atoms with Gasteiger partial charge in [0.2, 0.25) is 0 Å². The minimum Gasteiger partial charge on any atom is -0.481 e. The van der Waals surface area contributed by atoms with E-state index < -0.39 is 5.97 Å². The lowest BCUT2D eigenvalue weighted by atomic mass is 9.80. The van der Waals surface area contributed by atoms with Crippen molar-refractivity contribution in [2.75, 3.05) is 0 Å². The molecule has 0 saturated heterocycles. The Balaban J connectivity index is 1.85. The number of benzene rings is 1. The zero-order valence-corrected chi connectivity index (χ0v) is 10.3. The number of aliphatic carboxylic acids is 1. The van der Waals surface area contributed by atoms with Crippen molar-refractivity contribution in [3.63, 3.8) is 0 Å². The standard InChI is InChI=1S/C14H14FNO3/c15-10-5-6-12-11(7-10)13(16-19-12)8-1-3-9(4-2-8)14(17)18/h5-9H,1-4H2,(H,17,18). The van der Waals surface area contributed by atoms with E-state index in [9.17, 15) is 9.18 Å². The molecule has 1 saturated carbocycles. The highest BCUT2D eigenvalue weighted by molar-refractivity contribution is 5.80. The number of carboxylic acids is 1. The van der Waals surface area contributed by atoms with E-state index in [-0.39, 0.29) is 17.7 Å². The topological polar surface area (TPSA) is 63.3 Å². The summed E-state index contributed by atoms with van der Waals surface area (Å²) in [5.41, 5.74) is 1.34. The zero-order valence-electron chi connectivity index (χ0n) is 10.3. The number of nitrogens with zero attached hydrogens (tertiary/aromatic N) is 1. The summed E-state index contributed by atoms with van der Waals surface area (Å²) < 4.78 is 18.5. The summed E-state index contributed by atoms with van der Waals surface area (Å²) in [5.74, 6) is -1.13. The number of fused-ring (bicyclic) bond motifs is 1. The molecular weight excluding hydrogens is 249 g/mol. The van der Waals surface area contributed by atoms with Crippen LogP contribution >= 0.6 is 0 Å². The smallest absolute Gasteiger partial charge is 0.306 e. The third-order valence-electron chi connectivity index (χ3n) is 3.92. The van der Waals surface area contributed by atoms with Crippen LogP contribution in [-0.4, -0.2) is 16.2 Å². The molecule has 1 N–H and O–H groups in total. The SMILES string of the molecule is O=C(O)C1CCC(c2noc3ccc(F)cc23)CC1. The highest BCUT2D eigenvalue weighted by atomic mass is 19.1. The molecule has 1 heterocycles. The molecule has 1 aliphatic carbocycles. The van der Waals surface area contributed by atoms with Crippen molar-refractivity contribution in [2.45, 2.75) is 31.6 Å². The van der Waals surface area contributed by atoms with Gasteiger partial charge in [0.1, 0.15) is 5.82 Å². The van der Waals surface area contributed by atoms with Crippen LogP contribution in [0, 0.1) is 11.7 Å². The Labute approximate surface area is 109 Å². The summed E-state index contributed by atoms with van der Waals surface area (Å²) in [7, 11) is 0. The van der Waals surface area contributed by atoms with Crippen LogP contribution in [0.2, 0.25) is 0 Å². The molecule has 2 aromatic rings. The predicted molar refractivity (Wildman–Crippen MR) is 66.3 cm³/mol. The lowest BCUT2D eigenvalue weighted by molar-refractivity contribution is -0.142. The molecule has 0 aliphatic heterocycles. The second-order valence-corrected chi connectivity index (χ2v) is 5.10. The highest BCUT2D eigenvalue weighted by Gasteiger charge is 2.29. The first kappa shape index (κ1) is 12.1. The molecular formula is C14H14FNO3. The van der Waals surface area contributed by atoms with E-state index in [1.807, 2.05) is 0 Å². The molecule has 0 unspecified atom stereocenters. The van der Waals surface area contributed by atoms with Crippen molar-refractivity contribution in [1.29, 1.82) is 0 Å². The third-order valence-corrected chi connectivity index (χ3v) is 3.92. The Morgan fingerprint density at radius 1 is 1.32 bits per heavy atom. The van der Waals surface area contributed by atoms with Gasteiger partial charge >= 0.3 is 5.97 Å². The molecule has 4 nitrogen and oxygen atoms in total. The van der Waals surface area contributed by atoms with Gasteiger partial charge in [-0.3, -0.25) is 4.79 Å². The van der Waals surface area contributed by atoms with E-state index in [1.165, 1.54) is 12.1 Å². The van der Waals surface area contributed by atoms with Crippen LogP contribution in [0.5, 0.6) is 0 Å². The lowest BCUT2D eigenvalue weighted by Gasteiger charge is -2.24. The third kappa shape index (κ3) is 2.20. The Morgan fingerprint density at radius 2 is 2.05 bits per heavy atom. The summed E-state index contributed by atoms with van der Waals surface area (Å²) in [6.45, 7) is 0. The number of aromatic nitrogens is 1. The molecule has 0 bridgehead atoms. The Morgan fingerprint density at radius 3 is 2.74 bits per heavy atom. The first-order chi connectivity index (χ1) is 9.15. The predicted octanol–water partition coefficient (Wildman–Crippen LogP) is 3.33. The molecule has 0 atom stereocenters. The molecule has 1 aromatic carbocycles. The largest absolute Gasteiger partial charge is 0.481 e. The molecule has 1 fully saturated rings. The second kappa shape index (κ2) is 4.64. The molecule has 0 spiro atoms. The van der Waals surface area contributed by atoms with E-state index >= 15 is 0 Å². The molecule has 100 valence electrons. The average Bonchev–Trinajstić information content (AvgIpc) is 2.81. The fraction of sp³-hybridized carbons (Fsp3) is 0.429. The number of hydrogen-bond acceptors (Lipinski definition) is 3. The van der Waals surface area contributed by atoms with Crippen molar-refractivity contribution in [3.8, 4) is 0 Å². The summed E-state index contributed by atoms with van der Waals surface area (Å²) in [6.07, 6.45) is 2.80. The molecule has 1 aromatic heterocycles. The normalized spacial score (nSPS) is 23.6. The van der Waals surface area contributed by atoms with Gasteiger partial charge in [-0.25, -0.2) is 4.39 Å². The fourth-order valence-corrected chi connectivity index (χ4v) is 2.84. The minimum atomic E-state index is -0.727. The summed E-state index contributed by atoms with van der Waals surface area (Å²) in [4.78, 5) is 10.9. The number of rotatable bonds is 2. The van der Waals surface area contributed by atoms with Gasteiger partial charge in [-0.05, 0) is 43.9 Å². The van der Waals surface area contributed by atoms with E-state index in [4.69, 9.17) is 9.63 Å². The summed E-state index contributed by atoms with van der Waals surface area (Å²) in [5, 5.41) is 13.7. The van der Waals surface area contributed by atoms with Gasteiger partial charge in [-0.15, -0.1) is 0 Å². The van der Waals surface area contributed by atoms with Crippen molar-refractivity contribution in [1.82, 2.24) is 5.16 Å². The summed E-state index contributed by atoms with van der Waals surface area (Å²) in [6, 6.07) is 4.35. The number of hydrogen-bond donors (Lipinski definition) is 1. The van der Waals surface area contributed by atoms with Crippen LogP contribution in [0.3, 0.4) is 0 Å². The van der Waals surface area contributed by atoms with Crippen LogP contribution in [0.1, 0.15) is 37.3 Å². The van der Waals surface area contributed by atoms with E-state index in [0.29, 0.717) is 23.8 Å². The van der Waals surface area contributed by atoms with Crippen molar-refractivity contribution < 1.29 is 18.8 Å². The number of carboxylic acid groups (broad SMARTS) is 1. The van der Waals surface area contributed by atoms with Gasteiger partial charge in [-0.2, -0.15) is 0 Å². The van der Waals surface area contributed by atoms with Gasteiger partial charge in [0.05, 0.1) is 11.6 Å². The van der Waals surface area contributed by atoms with E-state index in [2.05, 4.69) is 5.16 Å². The number of halogens is 1. The van der Waals surface area contributed by atoms with Gasteiger partial charge in [0.25, 0.3) is 0 Å². The first-order valence-electron chi connectivity index (χ1n) is 6.43. The molecule has 19 heavy (non-hydrogen) atoms. The van der Waals surface area contributed by atoms with E-state index in [1.54, 1.807) is 6.07 Å². The monoisotopic (exact) mass is 263 g/mol. The molecule has 5 heteroatoms. The molecule has 3 rings (SSSR count). The van der Waals surface area contributed by atoms with Gasteiger partial charge in [0, 0.05) is 11.3 Å². The van der Waals surface area contributed by atoms with Gasteiger partial charge < -0.3 is 9.63 Å². The Bertz CT molecular complexity index is 614. The van der Waals surface area contributed by atoms with Gasteiger partial charge in [0.15, 0.2) is 5.58 Å². The van der Waals surface area contributed by atoms with Crippen LogP contribution in [0.4, 0.5) is 4.39 Å². The Kier molecular flexibility index (Phi) is 2.97. The fourth-order valence-electron chi connectivity index (χ4n) is 2.84. The van der Waals surface area contributed by atoms with Crippen LogP contribution in [-0.2, 0) is 4.79 Å². The molecule has 1 aliphatic rings. The minimum absolute atomic E-state index is 0.165. The van der Waals surface area contributed by atoms with E-state index in [0.717, 1.165) is 18.5 Å². The van der Waals surface area contributed by atoms with Crippen LogP contribution in [0.25, 0.3) is 11.0 Å². The van der Waals surface area contributed by atoms with Crippen LogP contribution in [0.15, 0.2) is 22.7 Å². The zero-order chi connectivity index (χ0) is 13.4. The molecule has 0 amide bonds. The second-order valence-electron chi connectivity index (χ2n) is 5.10. The maximum atomic E-state index is 13.3. The summed E-state index contributed by atoms with van der Waals surface area (Å²) >= 11 is 0. The maximum absolute atomic E-state index is 13.3. The average molecular weight is 263 g/mol. The van der Waals surface area contributed by atoms with Crippen molar-refractivity contribution in [2.24, 2.45) is 5.92 Å². The van der Waals surface area contributed by atoms with Crippen molar-refractivity contribution >= 4 is 16.9 Å².